The number of benzene rings is 2. The van der Waals surface area contributed by atoms with Crippen LogP contribution in [0.5, 0.6) is 11.5 Å². The Morgan fingerprint density at radius 2 is 1.57 bits per heavy atom. The molecule has 3 rings (SSSR count). The van der Waals surface area contributed by atoms with Crippen LogP contribution < -0.4 is 9.47 Å². The Morgan fingerprint density at radius 3 is 2.27 bits per heavy atom. The molecule has 0 aliphatic rings. The molecule has 37 heavy (non-hydrogen) atoms. The molecule has 6 nitrogen and oxygen atoms in total. The molecule has 1 heterocycles. The van der Waals surface area contributed by atoms with Crippen LogP contribution in [0.3, 0.4) is 0 Å². The van der Waals surface area contributed by atoms with Crippen molar-refractivity contribution in [2.75, 3.05) is 12.4 Å². The van der Waals surface area contributed by atoms with Gasteiger partial charge in [0.15, 0.2) is 0 Å². The van der Waals surface area contributed by atoms with Gasteiger partial charge in [0, 0.05) is 11.3 Å². The number of carbonyl (C=O) groups excluding carboxylic acids is 1. The summed E-state index contributed by atoms with van der Waals surface area (Å²) in [5, 5.41) is 8.75. The van der Waals surface area contributed by atoms with Crippen molar-refractivity contribution in [3.63, 3.8) is 0 Å². The molecule has 0 aliphatic heterocycles. The number of thioether (sulfide) groups is 1. The van der Waals surface area contributed by atoms with Crippen molar-refractivity contribution in [2.45, 2.75) is 76.4 Å². The standard InChI is InChI=1S/C30H38N2O4S/c1-3-5-7-8-9-10-11-12-13-22-34-26-18-16-25(17-19-26)29(33)35-27-20-14-24(15-21-27)28-31-32-30(36-28)37-23-6-4-2/h3,14-21H,1,4-13,22-23H2,2H3. The minimum atomic E-state index is -0.417. The molecular formula is C30H38N2O4S. The maximum absolute atomic E-state index is 12.5. The van der Waals surface area contributed by atoms with E-state index < -0.39 is 5.97 Å². The first-order chi connectivity index (χ1) is 18.2. The Kier molecular flexibility index (Phi) is 12.8. The van der Waals surface area contributed by atoms with Crippen LogP contribution in [-0.4, -0.2) is 28.5 Å². The number of unbranched alkanes of at least 4 members (excludes halogenated alkanes) is 8. The monoisotopic (exact) mass is 522 g/mol. The van der Waals surface area contributed by atoms with Crippen LogP contribution in [0.1, 0.15) is 81.5 Å². The van der Waals surface area contributed by atoms with Crippen LogP contribution in [0, 0.1) is 0 Å². The second kappa shape index (κ2) is 16.6. The van der Waals surface area contributed by atoms with Gasteiger partial charge in [0.05, 0.1) is 12.2 Å². The summed E-state index contributed by atoms with van der Waals surface area (Å²) in [5.74, 6) is 2.20. The molecule has 198 valence electrons. The average molecular weight is 523 g/mol. The number of aromatic nitrogens is 2. The van der Waals surface area contributed by atoms with E-state index in [1.165, 1.54) is 38.5 Å². The molecule has 0 aliphatic carbocycles. The summed E-state index contributed by atoms with van der Waals surface area (Å²) in [6.45, 7) is 6.59. The molecule has 0 spiro atoms. The third-order valence-corrected chi connectivity index (χ3v) is 6.76. The van der Waals surface area contributed by atoms with E-state index in [9.17, 15) is 4.79 Å². The number of allylic oxidation sites excluding steroid dienone is 1. The summed E-state index contributed by atoms with van der Waals surface area (Å²) in [6, 6.07) is 14.1. The number of hydrogen-bond acceptors (Lipinski definition) is 7. The largest absolute Gasteiger partial charge is 0.494 e. The molecule has 0 saturated carbocycles. The molecule has 0 amide bonds. The summed E-state index contributed by atoms with van der Waals surface area (Å²) >= 11 is 1.56. The molecule has 0 fully saturated rings. The molecule has 3 aromatic rings. The van der Waals surface area contributed by atoms with Crippen LogP contribution in [0.15, 0.2) is 70.8 Å². The van der Waals surface area contributed by atoms with Gasteiger partial charge in [0.1, 0.15) is 11.5 Å². The van der Waals surface area contributed by atoms with E-state index in [-0.39, 0.29) is 0 Å². The van der Waals surface area contributed by atoms with Gasteiger partial charge in [-0.05, 0) is 74.2 Å². The number of ether oxygens (including phenoxy) is 2. The van der Waals surface area contributed by atoms with E-state index in [1.54, 1.807) is 48.2 Å². The first-order valence-corrected chi connectivity index (χ1v) is 14.3. The third-order valence-electron chi connectivity index (χ3n) is 5.85. The first kappa shape index (κ1) is 28.5. The predicted molar refractivity (Wildman–Crippen MR) is 149 cm³/mol. The van der Waals surface area contributed by atoms with Crippen molar-refractivity contribution in [1.82, 2.24) is 10.2 Å². The molecule has 0 atom stereocenters. The van der Waals surface area contributed by atoms with Crippen LogP contribution >= 0.6 is 11.8 Å². The second-order valence-corrected chi connectivity index (χ2v) is 9.96. The molecule has 1 aromatic heterocycles. The molecule has 0 saturated heterocycles. The smallest absolute Gasteiger partial charge is 0.343 e. The molecule has 0 N–H and O–H groups in total. The molecule has 0 unspecified atom stereocenters. The summed E-state index contributed by atoms with van der Waals surface area (Å²) in [6.07, 6.45) is 13.9. The zero-order valence-corrected chi connectivity index (χ0v) is 22.6. The highest BCUT2D eigenvalue weighted by atomic mass is 32.2. The SMILES string of the molecule is C=CCCCCCCCCCOc1ccc(C(=O)Oc2ccc(-c3nnc(SCCCC)o3)cc2)cc1. The molecule has 7 heteroatoms. The molecule has 0 bridgehead atoms. The summed E-state index contributed by atoms with van der Waals surface area (Å²) in [7, 11) is 0. The molecule has 2 aromatic carbocycles. The highest BCUT2D eigenvalue weighted by Crippen LogP contribution is 2.26. The van der Waals surface area contributed by atoms with Gasteiger partial charge in [-0.15, -0.1) is 16.8 Å². The van der Waals surface area contributed by atoms with Crippen molar-refractivity contribution in [3.05, 3.63) is 66.7 Å². The van der Waals surface area contributed by atoms with Crippen molar-refractivity contribution in [1.29, 1.82) is 0 Å². The van der Waals surface area contributed by atoms with Gasteiger partial charge in [0.25, 0.3) is 5.22 Å². The average Bonchev–Trinajstić information content (AvgIpc) is 3.39. The van der Waals surface area contributed by atoms with Crippen LogP contribution in [0.4, 0.5) is 0 Å². The van der Waals surface area contributed by atoms with E-state index in [0.717, 1.165) is 42.7 Å². The van der Waals surface area contributed by atoms with E-state index in [0.29, 0.717) is 29.0 Å². The lowest BCUT2D eigenvalue weighted by Gasteiger charge is -2.08. The Hall–Kier alpha value is -3.06. The Bertz CT molecular complexity index is 1060. The van der Waals surface area contributed by atoms with Crippen molar-refractivity contribution in [2.24, 2.45) is 0 Å². The summed E-state index contributed by atoms with van der Waals surface area (Å²) in [4.78, 5) is 12.5. The van der Waals surface area contributed by atoms with Gasteiger partial charge < -0.3 is 13.9 Å². The lowest BCUT2D eigenvalue weighted by Crippen LogP contribution is -2.08. The van der Waals surface area contributed by atoms with Crippen LogP contribution in [0.2, 0.25) is 0 Å². The van der Waals surface area contributed by atoms with Gasteiger partial charge in [-0.25, -0.2) is 4.79 Å². The number of carbonyl (C=O) groups is 1. The quantitative estimate of drug-likeness (QED) is 0.0545. The van der Waals surface area contributed by atoms with Crippen LogP contribution in [0.25, 0.3) is 11.5 Å². The number of rotatable bonds is 18. The highest BCUT2D eigenvalue weighted by molar-refractivity contribution is 7.99. The minimum absolute atomic E-state index is 0.417. The normalized spacial score (nSPS) is 10.8. The van der Waals surface area contributed by atoms with Crippen molar-refractivity contribution in [3.8, 4) is 23.0 Å². The topological polar surface area (TPSA) is 74.5 Å². The summed E-state index contributed by atoms with van der Waals surface area (Å²) in [5.41, 5.74) is 1.25. The Balaban J connectivity index is 1.36. The fourth-order valence-electron chi connectivity index (χ4n) is 3.67. The van der Waals surface area contributed by atoms with E-state index >= 15 is 0 Å². The summed E-state index contributed by atoms with van der Waals surface area (Å²) < 4.78 is 17.0. The number of hydrogen-bond donors (Lipinski definition) is 0. The van der Waals surface area contributed by atoms with Gasteiger partial charge >= 0.3 is 5.97 Å². The maximum atomic E-state index is 12.5. The van der Waals surface area contributed by atoms with E-state index in [2.05, 4.69) is 23.7 Å². The third kappa shape index (κ3) is 10.4. The maximum Gasteiger partial charge on any atom is 0.343 e. The van der Waals surface area contributed by atoms with E-state index in [4.69, 9.17) is 13.9 Å². The number of nitrogens with zero attached hydrogens (tertiary/aromatic N) is 2. The first-order valence-electron chi connectivity index (χ1n) is 13.3. The fraction of sp³-hybridized carbons (Fsp3) is 0.433. The predicted octanol–water partition coefficient (Wildman–Crippen LogP) is 8.53. The van der Waals surface area contributed by atoms with Crippen molar-refractivity contribution < 1.29 is 18.7 Å². The van der Waals surface area contributed by atoms with Crippen LogP contribution in [-0.2, 0) is 0 Å². The highest BCUT2D eigenvalue weighted by Gasteiger charge is 2.12. The zero-order chi connectivity index (χ0) is 26.1. The second-order valence-electron chi connectivity index (χ2n) is 8.91. The zero-order valence-electron chi connectivity index (χ0n) is 21.8. The molecule has 0 radical (unpaired) electrons. The van der Waals surface area contributed by atoms with Gasteiger partial charge in [0.2, 0.25) is 5.89 Å². The van der Waals surface area contributed by atoms with Gasteiger partial charge in [-0.2, -0.15) is 0 Å². The molecular weight excluding hydrogens is 484 g/mol. The Morgan fingerprint density at radius 1 is 0.892 bits per heavy atom. The van der Waals surface area contributed by atoms with Gasteiger partial charge in [-0.1, -0.05) is 63.3 Å². The van der Waals surface area contributed by atoms with E-state index in [1.807, 2.05) is 18.2 Å². The van der Waals surface area contributed by atoms with Gasteiger partial charge in [-0.3, -0.25) is 0 Å². The fourth-order valence-corrected chi connectivity index (χ4v) is 4.52. The lowest BCUT2D eigenvalue weighted by molar-refractivity contribution is 0.0734. The van der Waals surface area contributed by atoms with Crippen molar-refractivity contribution >= 4 is 17.7 Å². The lowest BCUT2D eigenvalue weighted by atomic mass is 10.1. The number of esters is 1. The minimum Gasteiger partial charge on any atom is -0.494 e. The Labute approximate surface area is 224 Å².